The second-order valence-corrected chi connectivity index (χ2v) is 6.69. The zero-order chi connectivity index (χ0) is 19.3. The Morgan fingerprint density at radius 2 is 1.93 bits per heavy atom. The molecule has 0 aliphatic carbocycles. The summed E-state index contributed by atoms with van der Waals surface area (Å²) >= 11 is 6.05. The number of ether oxygens (including phenoxy) is 2. The van der Waals surface area contributed by atoms with E-state index < -0.39 is 6.09 Å². The first-order chi connectivity index (χ1) is 13.7. The Morgan fingerprint density at radius 3 is 2.75 bits per heavy atom. The predicted octanol–water partition coefficient (Wildman–Crippen LogP) is 4.80. The molecule has 7 heteroatoms. The van der Waals surface area contributed by atoms with Crippen molar-refractivity contribution in [3.63, 3.8) is 0 Å². The zero-order valence-electron chi connectivity index (χ0n) is 15.0. The van der Waals surface area contributed by atoms with E-state index >= 15 is 0 Å². The number of amides is 1. The van der Waals surface area contributed by atoms with Gasteiger partial charge in [0.25, 0.3) is 0 Å². The van der Waals surface area contributed by atoms with Crippen LogP contribution in [-0.2, 0) is 11.3 Å². The zero-order valence-corrected chi connectivity index (χ0v) is 15.7. The fraction of sp³-hybridized carbons (Fsp3) is 0.190. The molecule has 0 fully saturated rings. The molecule has 3 aromatic rings. The molecule has 142 valence electrons. The highest BCUT2D eigenvalue weighted by Crippen LogP contribution is 2.38. The van der Waals surface area contributed by atoms with E-state index in [1.165, 1.54) is 11.2 Å². The van der Waals surface area contributed by atoms with Gasteiger partial charge in [-0.15, -0.1) is 0 Å². The number of fused-ring (bicyclic) bond motifs is 1. The van der Waals surface area contributed by atoms with Crippen LogP contribution < -0.4 is 9.64 Å². The molecule has 28 heavy (non-hydrogen) atoms. The van der Waals surface area contributed by atoms with Crippen molar-refractivity contribution < 1.29 is 14.3 Å². The Morgan fingerprint density at radius 1 is 1.14 bits per heavy atom. The second kappa shape index (κ2) is 8.27. The van der Waals surface area contributed by atoms with Gasteiger partial charge in [0.15, 0.2) is 0 Å². The quantitative estimate of drug-likeness (QED) is 0.594. The Kier molecular flexibility index (Phi) is 5.39. The van der Waals surface area contributed by atoms with E-state index in [9.17, 15) is 4.79 Å². The van der Waals surface area contributed by atoms with Crippen LogP contribution in [0.3, 0.4) is 0 Å². The minimum absolute atomic E-state index is 0.167. The summed E-state index contributed by atoms with van der Waals surface area (Å²) < 4.78 is 11.3. The molecule has 0 saturated heterocycles. The summed E-state index contributed by atoms with van der Waals surface area (Å²) in [4.78, 5) is 22.8. The largest absolute Gasteiger partial charge is 0.493 e. The average molecular weight is 396 g/mol. The predicted molar refractivity (Wildman–Crippen MR) is 105 cm³/mol. The van der Waals surface area contributed by atoms with E-state index in [-0.39, 0.29) is 17.8 Å². The number of carbonyl (C=O) groups excluding carboxylic acids is 1. The fourth-order valence-corrected chi connectivity index (χ4v) is 3.36. The third-order valence-corrected chi connectivity index (χ3v) is 4.71. The van der Waals surface area contributed by atoms with E-state index in [2.05, 4.69) is 9.97 Å². The fourth-order valence-electron chi connectivity index (χ4n) is 3.22. The number of halogens is 1. The number of hydrogen-bond acceptors (Lipinski definition) is 5. The highest BCUT2D eigenvalue weighted by molar-refractivity contribution is 6.29. The van der Waals surface area contributed by atoms with Gasteiger partial charge in [0, 0.05) is 18.1 Å². The van der Waals surface area contributed by atoms with Crippen LogP contribution in [0.25, 0.3) is 0 Å². The molecule has 2 aromatic carbocycles. The van der Waals surface area contributed by atoms with E-state index in [0.29, 0.717) is 18.8 Å². The Hall–Kier alpha value is -3.12. The average Bonchev–Trinajstić information content (AvgIpc) is 2.73. The maximum atomic E-state index is 13.1. The highest BCUT2D eigenvalue weighted by Gasteiger charge is 2.33. The van der Waals surface area contributed by atoms with Crippen LogP contribution in [0.4, 0.5) is 10.6 Å². The molecular formula is C21H18ClN3O3. The third-order valence-electron chi connectivity index (χ3n) is 4.51. The van der Waals surface area contributed by atoms with E-state index in [1.54, 1.807) is 6.07 Å². The minimum atomic E-state index is -0.500. The first kappa shape index (κ1) is 18.3. The number of rotatable bonds is 4. The number of para-hydroxylation sites is 1. The van der Waals surface area contributed by atoms with Crippen molar-refractivity contribution in [2.24, 2.45) is 0 Å². The molecule has 6 nitrogen and oxygen atoms in total. The van der Waals surface area contributed by atoms with E-state index in [0.717, 1.165) is 16.9 Å². The van der Waals surface area contributed by atoms with Gasteiger partial charge < -0.3 is 9.47 Å². The number of benzene rings is 2. The molecule has 2 heterocycles. The molecule has 0 radical (unpaired) electrons. The number of carbonyl (C=O) groups is 1. The number of aromatic nitrogens is 2. The third kappa shape index (κ3) is 3.92. The molecule has 0 N–H and O–H groups in total. The highest BCUT2D eigenvalue weighted by atomic mass is 35.5. The van der Waals surface area contributed by atoms with Gasteiger partial charge in [-0.2, -0.15) is 0 Å². The Labute approximate surface area is 167 Å². The number of anilines is 1. The summed E-state index contributed by atoms with van der Waals surface area (Å²) in [5.41, 5.74) is 1.81. The molecule has 1 aromatic heterocycles. The minimum Gasteiger partial charge on any atom is -0.493 e. The maximum Gasteiger partial charge on any atom is 0.416 e. The topological polar surface area (TPSA) is 64.5 Å². The van der Waals surface area contributed by atoms with Gasteiger partial charge in [-0.3, -0.25) is 4.90 Å². The summed E-state index contributed by atoms with van der Waals surface area (Å²) in [6.45, 7) is 0.656. The van der Waals surface area contributed by atoms with Gasteiger partial charge in [-0.1, -0.05) is 60.1 Å². The molecule has 1 atom stereocenters. The first-order valence-corrected chi connectivity index (χ1v) is 9.29. The summed E-state index contributed by atoms with van der Waals surface area (Å²) in [6.07, 6.45) is 1.44. The molecule has 1 aliphatic heterocycles. The van der Waals surface area contributed by atoms with Crippen LogP contribution in [0.5, 0.6) is 5.75 Å². The van der Waals surface area contributed by atoms with Gasteiger partial charge in [0.2, 0.25) is 0 Å². The van der Waals surface area contributed by atoms with E-state index in [1.807, 2.05) is 54.6 Å². The van der Waals surface area contributed by atoms with Crippen molar-refractivity contribution in [1.29, 1.82) is 0 Å². The second-order valence-electron chi connectivity index (χ2n) is 6.30. The molecule has 0 bridgehead atoms. The van der Waals surface area contributed by atoms with Crippen molar-refractivity contribution in [3.8, 4) is 5.75 Å². The standard InChI is InChI=1S/C21H18ClN3O3/c22-19-12-20(24-14-23-19)25(21(26)28-13-15-6-2-1-3-7-15)17-10-11-27-18-9-5-4-8-16(17)18/h1-9,12,14,17H,10-11,13H2. The molecule has 0 spiro atoms. The number of hydrogen-bond donors (Lipinski definition) is 0. The maximum absolute atomic E-state index is 13.1. The Balaban J connectivity index is 1.66. The Bertz CT molecular complexity index is 968. The van der Waals surface area contributed by atoms with Gasteiger partial charge in [-0.25, -0.2) is 14.8 Å². The lowest BCUT2D eigenvalue weighted by Crippen LogP contribution is -2.38. The SMILES string of the molecule is O=C(OCc1ccccc1)N(c1cc(Cl)ncn1)C1CCOc2ccccc21. The molecule has 1 unspecified atom stereocenters. The lowest BCUT2D eigenvalue weighted by atomic mass is 9.99. The van der Waals surface area contributed by atoms with Crippen LogP contribution in [0.1, 0.15) is 23.6 Å². The van der Waals surface area contributed by atoms with Crippen molar-refractivity contribution in [1.82, 2.24) is 9.97 Å². The first-order valence-electron chi connectivity index (χ1n) is 8.91. The smallest absolute Gasteiger partial charge is 0.416 e. The van der Waals surface area contributed by atoms with E-state index in [4.69, 9.17) is 21.1 Å². The molecular weight excluding hydrogens is 378 g/mol. The van der Waals surface area contributed by atoms with Crippen LogP contribution in [0.15, 0.2) is 67.0 Å². The molecule has 1 aliphatic rings. The van der Waals surface area contributed by atoms with Crippen LogP contribution in [-0.4, -0.2) is 22.7 Å². The summed E-state index contributed by atoms with van der Waals surface area (Å²) in [6, 6.07) is 18.5. The van der Waals surface area contributed by atoms with Crippen molar-refractivity contribution in [3.05, 3.63) is 83.3 Å². The number of nitrogens with zero attached hydrogens (tertiary/aromatic N) is 3. The summed E-state index contributed by atoms with van der Waals surface area (Å²) in [7, 11) is 0. The molecule has 4 rings (SSSR count). The summed E-state index contributed by atoms with van der Waals surface area (Å²) in [5, 5.41) is 0.256. The van der Waals surface area contributed by atoms with Crippen LogP contribution in [0.2, 0.25) is 5.15 Å². The van der Waals surface area contributed by atoms with Gasteiger partial charge >= 0.3 is 6.09 Å². The lowest BCUT2D eigenvalue weighted by molar-refractivity contribution is 0.141. The van der Waals surface area contributed by atoms with Gasteiger partial charge in [-0.05, 0) is 11.6 Å². The molecule has 1 amide bonds. The van der Waals surface area contributed by atoms with Crippen molar-refractivity contribution in [2.75, 3.05) is 11.5 Å². The summed E-state index contributed by atoms with van der Waals surface area (Å²) in [5.74, 6) is 1.14. The van der Waals surface area contributed by atoms with Crippen LogP contribution >= 0.6 is 11.6 Å². The normalized spacial score (nSPS) is 15.2. The molecule has 0 saturated carbocycles. The monoisotopic (exact) mass is 395 g/mol. The van der Waals surface area contributed by atoms with Gasteiger partial charge in [0.05, 0.1) is 12.6 Å². The van der Waals surface area contributed by atoms with Gasteiger partial charge in [0.1, 0.15) is 29.7 Å². The van der Waals surface area contributed by atoms with Crippen molar-refractivity contribution in [2.45, 2.75) is 19.1 Å². The van der Waals surface area contributed by atoms with Crippen molar-refractivity contribution >= 4 is 23.5 Å². The lowest BCUT2D eigenvalue weighted by Gasteiger charge is -2.34. The van der Waals surface area contributed by atoms with Crippen LogP contribution in [0, 0.1) is 0 Å².